The Morgan fingerprint density at radius 2 is 1.93 bits per heavy atom. The zero-order valence-electron chi connectivity index (χ0n) is 16.9. The fourth-order valence-corrected chi connectivity index (χ4v) is 4.22. The minimum Gasteiger partial charge on any atom is -0.497 e. The van der Waals surface area contributed by atoms with Gasteiger partial charge in [-0.25, -0.2) is 0 Å². The van der Waals surface area contributed by atoms with E-state index in [4.69, 9.17) is 4.74 Å². The molecule has 1 aliphatic heterocycles. The molecule has 4 nitrogen and oxygen atoms in total. The number of fused-ring (bicyclic) bond motifs is 1. The second kappa shape index (κ2) is 10.0. The lowest BCUT2D eigenvalue weighted by Crippen LogP contribution is -2.36. The van der Waals surface area contributed by atoms with Crippen molar-refractivity contribution in [2.24, 2.45) is 5.92 Å². The third-order valence-electron chi connectivity index (χ3n) is 5.96. The SMILES string of the molecule is CCCCCCCN1CCC(C(O)c2ccnc3ccc(OC)cc23)CC1. The van der Waals surface area contributed by atoms with Crippen molar-refractivity contribution in [2.75, 3.05) is 26.7 Å². The molecule has 148 valence electrons. The molecule has 0 saturated carbocycles. The van der Waals surface area contributed by atoms with Crippen molar-refractivity contribution in [1.29, 1.82) is 0 Å². The summed E-state index contributed by atoms with van der Waals surface area (Å²) in [5.41, 5.74) is 1.90. The van der Waals surface area contributed by atoms with Gasteiger partial charge in [-0.05, 0) is 74.6 Å². The van der Waals surface area contributed by atoms with Crippen molar-refractivity contribution < 1.29 is 9.84 Å². The molecule has 4 heteroatoms. The molecular weight excluding hydrogens is 336 g/mol. The number of pyridine rings is 1. The molecule has 27 heavy (non-hydrogen) atoms. The first-order chi connectivity index (χ1) is 13.2. The van der Waals surface area contributed by atoms with Crippen molar-refractivity contribution in [3.05, 3.63) is 36.0 Å². The van der Waals surface area contributed by atoms with Crippen molar-refractivity contribution in [2.45, 2.75) is 58.0 Å². The van der Waals surface area contributed by atoms with E-state index in [1.54, 1.807) is 13.3 Å². The van der Waals surface area contributed by atoms with E-state index in [-0.39, 0.29) is 0 Å². The van der Waals surface area contributed by atoms with Crippen molar-refractivity contribution in [3.8, 4) is 5.75 Å². The quantitative estimate of drug-likeness (QED) is 0.634. The van der Waals surface area contributed by atoms with Crippen LogP contribution >= 0.6 is 0 Å². The molecule has 0 bridgehead atoms. The lowest BCUT2D eigenvalue weighted by molar-refractivity contribution is 0.0593. The first-order valence-corrected chi connectivity index (χ1v) is 10.6. The fourth-order valence-electron chi connectivity index (χ4n) is 4.22. The van der Waals surface area contributed by atoms with Gasteiger partial charge in [-0.1, -0.05) is 32.6 Å². The van der Waals surface area contributed by atoms with Crippen LogP contribution in [-0.2, 0) is 0 Å². The average molecular weight is 371 g/mol. The Labute approximate surface area is 163 Å². The third-order valence-corrected chi connectivity index (χ3v) is 5.96. The summed E-state index contributed by atoms with van der Waals surface area (Å²) in [5.74, 6) is 1.12. The van der Waals surface area contributed by atoms with Crippen LogP contribution in [0.2, 0.25) is 0 Å². The van der Waals surface area contributed by atoms with Crippen LogP contribution in [0, 0.1) is 5.92 Å². The topological polar surface area (TPSA) is 45.6 Å². The van der Waals surface area contributed by atoms with E-state index < -0.39 is 6.10 Å². The summed E-state index contributed by atoms with van der Waals surface area (Å²) in [5, 5.41) is 12.1. The maximum atomic E-state index is 11.1. The Morgan fingerprint density at radius 1 is 1.15 bits per heavy atom. The van der Waals surface area contributed by atoms with Gasteiger partial charge in [0.05, 0.1) is 18.7 Å². The van der Waals surface area contributed by atoms with Gasteiger partial charge in [0.25, 0.3) is 0 Å². The van der Waals surface area contributed by atoms with Gasteiger partial charge in [0.15, 0.2) is 0 Å². The minimum atomic E-state index is -0.436. The highest BCUT2D eigenvalue weighted by Gasteiger charge is 2.27. The van der Waals surface area contributed by atoms with Crippen molar-refractivity contribution >= 4 is 10.9 Å². The third kappa shape index (κ3) is 5.20. The molecule has 0 amide bonds. The Hall–Kier alpha value is -1.65. The van der Waals surface area contributed by atoms with Gasteiger partial charge in [0, 0.05) is 11.6 Å². The van der Waals surface area contributed by atoms with Crippen molar-refractivity contribution in [1.82, 2.24) is 9.88 Å². The number of aromatic nitrogens is 1. The van der Waals surface area contributed by atoms with E-state index in [9.17, 15) is 5.11 Å². The van der Waals surface area contributed by atoms with Crippen LogP contribution in [0.1, 0.15) is 63.5 Å². The predicted molar refractivity (Wildman–Crippen MR) is 111 cm³/mol. The Bertz CT molecular complexity index is 711. The number of aliphatic hydroxyl groups is 1. The summed E-state index contributed by atoms with van der Waals surface area (Å²) in [6.07, 6.45) is 10.2. The number of methoxy groups -OCH3 is 1. The molecule has 1 saturated heterocycles. The fraction of sp³-hybridized carbons (Fsp3) is 0.609. The number of piperidine rings is 1. The van der Waals surface area contributed by atoms with Gasteiger partial charge in [-0.15, -0.1) is 0 Å². The smallest absolute Gasteiger partial charge is 0.119 e. The number of rotatable bonds is 9. The number of hydrogen-bond donors (Lipinski definition) is 1. The molecular formula is C23H34N2O2. The molecule has 1 atom stereocenters. The Balaban J connectivity index is 1.58. The van der Waals surface area contributed by atoms with Gasteiger partial charge in [0.2, 0.25) is 0 Å². The van der Waals surface area contributed by atoms with Crippen molar-refractivity contribution in [3.63, 3.8) is 0 Å². The molecule has 3 rings (SSSR count). The van der Waals surface area contributed by atoms with E-state index in [1.165, 1.54) is 38.6 Å². The van der Waals surface area contributed by atoms with Crippen LogP contribution in [-0.4, -0.2) is 41.7 Å². The number of likely N-dealkylation sites (tertiary alicyclic amines) is 1. The van der Waals surface area contributed by atoms with Crippen LogP contribution in [0.4, 0.5) is 0 Å². The molecule has 1 unspecified atom stereocenters. The zero-order valence-corrected chi connectivity index (χ0v) is 16.9. The number of unbranched alkanes of at least 4 members (excludes halogenated alkanes) is 4. The number of nitrogens with zero attached hydrogens (tertiary/aromatic N) is 2. The van der Waals surface area contributed by atoms with E-state index in [0.29, 0.717) is 5.92 Å². The normalized spacial score (nSPS) is 17.3. The predicted octanol–water partition coefficient (Wildman–Crippen LogP) is 4.96. The van der Waals surface area contributed by atoms with Gasteiger partial charge in [-0.3, -0.25) is 4.98 Å². The maximum Gasteiger partial charge on any atom is 0.119 e. The molecule has 1 aromatic carbocycles. The molecule has 1 aliphatic rings. The summed E-state index contributed by atoms with van der Waals surface area (Å²) in [6, 6.07) is 7.84. The standard InChI is InChI=1S/C23H34N2O2/c1-3-4-5-6-7-14-25-15-11-18(12-16-25)23(26)20-10-13-24-22-9-8-19(27-2)17-21(20)22/h8-10,13,17-18,23,26H,3-7,11-12,14-16H2,1-2H3. The van der Waals surface area contributed by atoms with E-state index in [0.717, 1.165) is 48.1 Å². The van der Waals surface area contributed by atoms with Crippen LogP contribution in [0.25, 0.3) is 10.9 Å². The number of hydrogen-bond acceptors (Lipinski definition) is 4. The summed E-state index contributed by atoms with van der Waals surface area (Å²) < 4.78 is 5.36. The molecule has 0 aliphatic carbocycles. The Kier molecular flexibility index (Phi) is 7.48. The summed E-state index contributed by atoms with van der Waals surface area (Å²) >= 11 is 0. The van der Waals surface area contributed by atoms with Gasteiger partial charge in [0.1, 0.15) is 5.75 Å². The molecule has 0 radical (unpaired) electrons. The monoisotopic (exact) mass is 370 g/mol. The van der Waals surface area contributed by atoms with Gasteiger partial charge in [-0.2, -0.15) is 0 Å². The molecule has 2 heterocycles. The maximum absolute atomic E-state index is 11.1. The second-order valence-corrected chi connectivity index (χ2v) is 7.82. The summed E-state index contributed by atoms with van der Waals surface area (Å²) in [6.45, 7) is 5.67. The lowest BCUT2D eigenvalue weighted by atomic mass is 9.86. The van der Waals surface area contributed by atoms with Gasteiger partial charge >= 0.3 is 0 Å². The van der Waals surface area contributed by atoms with E-state index in [1.807, 2.05) is 24.3 Å². The molecule has 1 fully saturated rings. The van der Waals surface area contributed by atoms with Crippen LogP contribution < -0.4 is 4.74 Å². The number of ether oxygens (including phenoxy) is 1. The highest BCUT2D eigenvalue weighted by Crippen LogP contribution is 2.35. The highest BCUT2D eigenvalue weighted by atomic mass is 16.5. The average Bonchev–Trinajstić information content (AvgIpc) is 2.72. The van der Waals surface area contributed by atoms with E-state index >= 15 is 0 Å². The molecule has 0 spiro atoms. The summed E-state index contributed by atoms with van der Waals surface area (Å²) in [4.78, 5) is 7.01. The van der Waals surface area contributed by atoms with E-state index in [2.05, 4.69) is 16.8 Å². The number of benzene rings is 1. The molecule has 2 aromatic rings. The largest absolute Gasteiger partial charge is 0.497 e. The minimum absolute atomic E-state index is 0.318. The van der Waals surface area contributed by atoms with Crippen LogP contribution in [0.5, 0.6) is 5.75 Å². The first kappa shape index (κ1) is 20.1. The lowest BCUT2D eigenvalue weighted by Gasteiger charge is -2.34. The summed E-state index contributed by atoms with van der Waals surface area (Å²) in [7, 11) is 1.67. The first-order valence-electron chi connectivity index (χ1n) is 10.6. The highest BCUT2D eigenvalue weighted by molar-refractivity contribution is 5.83. The molecule has 1 N–H and O–H groups in total. The van der Waals surface area contributed by atoms with Crippen LogP contribution in [0.15, 0.2) is 30.5 Å². The van der Waals surface area contributed by atoms with Gasteiger partial charge < -0.3 is 14.7 Å². The van der Waals surface area contributed by atoms with Crippen LogP contribution in [0.3, 0.4) is 0 Å². The second-order valence-electron chi connectivity index (χ2n) is 7.82. The zero-order chi connectivity index (χ0) is 19.1. The molecule has 1 aromatic heterocycles. The number of aliphatic hydroxyl groups excluding tert-OH is 1. The Morgan fingerprint density at radius 3 is 2.67 bits per heavy atom.